The van der Waals surface area contributed by atoms with E-state index in [9.17, 15) is 9.59 Å². The monoisotopic (exact) mass is 246 g/mol. The van der Waals surface area contributed by atoms with Crippen LogP contribution in [0.4, 0.5) is 11.4 Å². The number of fused-ring (bicyclic) bond motifs is 2. The van der Waals surface area contributed by atoms with Crippen LogP contribution in [0.25, 0.3) is 0 Å². The minimum absolute atomic E-state index is 0.276. The number of morpholine rings is 1. The van der Waals surface area contributed by atoms with E-state index >= 15 is 0 Å². The third-order valence-corrected chi connectivity index (χ3v) is 3.49. The Morgan fingerprint density at radius 2 is 1.83 bits per heavy atom. The molecular formula is C13H14N2O3. The third-order valence-electron chi connectivity index (χ3n) is 3.49. The maximum atomic E-state index is 12.2. The average molecular weight is 246 g/mol. The van der Waals surface area contributed by atoms with Gasteiger partial charge in [-0.15, -0.1) is 0 Å². The predicted molar refractivity (Wildman–Crippen MR) is 66.0 cm³/mol. The smallest absolute Gasteiger partial charge is 0.262 e. The number of carbonyl (C=O) groups is 2. The highest BCUT2D eigenvalue weighted by Gasteiger charge is 2.47. The second-order valence-electron chi connectivity index (χ2n) is 4.75. The van der Waals surface area contributed by atoms with Gasteiger partial charge in [-0.3, -0.25) is 9.59 Å². The van der Waals surface area contributed by atoms with Crippen LogP contribution in [0.15, 0.2) is 18.2 Å². The molecule has 3 rings (SSSR count). The summed E-state index contributed by atoms with van der Waals surface area (Å²) >= 11 is 0. The van der Waals surface area contributed by atoms with Crippen LogP contribution in [-0.4, -0.2) is 24.0 Å². The van der Waals surface area contributed by atoms with Crippen LogP contribution >= 0.6 is 0 Å². The van der Waals surface area contributed by atoms with Gasteiger partial charge in [0.05, 0.1) is 5.69 Å². The fourth-order valence-electron chi connectivity index (χ4n) is 2.50. The molecule has 0 aliphatic carbocycles. The van der Waals surface area contributed by atoms with Crippen molar-refractivity contribution in [2.24, 2.45) is 0 Å². The molecule has 2 fully saturated rings. The molecule has 2 atom stereocenters. The number of carbonyl (C=O) groups excluding carboxylic acids is 2. The number of rotatable bonds is 1. The summed E-state index contributed by atoms with van der Waals surface area (Å²) < 4.78 is 5.37. The number of nitrogens with two attached hydrogens (primary N) is 1. The number of imide groups is 1. The fraction of sp³-hybridized carbons (Fsp3) is 0.385. The van der Waals surface area contributed by atoms with E-state index in [0.717, 1.165) is 5.56 Å². The minimum Gasteiger partial charge on any atom is -0.399 e. The predicted octanol–water partition coefficient (Wildman–Crippen LogP) is 0.998. The summed E-state index contributed by atoms with van der Waals surface area (Å²) in [6.07, 6.45) is 0.280. The first-order valence-electron chi connectivity index (χ1n) is 5.97. The quantitative estimate of drug-likeness (QED) is 0.592. The molecule has 5 nitrogen and oxygen atoms in total. The van der Waals surface area contributed by atoms with E-state index in [1.165, 1.54) is 4.90 Å². The standard InChI is InChI=1S/C13H14N2O3/c1-7-2-3-8(14)6-9(7)15-12(16)10-4-5-11(18-10)13(15)17/h2-3,6,10-11H,4-5,14H2,1H3. The van der Waals surface area contributed by atoms with Gasteiger partial charge in [0.25, 0.3) is 11.8 Å². The van der Waals surface area contributed by atoms with Crippen LogP contribution in [0.2, 0.25) is 0 Å². The van der Waals surface area contributed by atoms with Crippen LogP contribution in [0.5, 0.6) is 0 Å². The first-order chi connectivity index (χ1) is 8.58. The van der Waals surface area contributed by atoms with Crippen molar-refractivity contribution in [1.82, 2.24) is 0 Å². The molecule has 5 heteroatoms. The molecule has 0 radical (unpaired) electrons. The highest BCUT2D eigenvalue weighted by atomic mass is 16.5. The van der Waals surface area contributed by atoms with Crippen molar-refractivity contribution in [2.45, 2.75) is 32.0 Å². The summed E-state index contributed by atoms with van der Waals surface area (Å²) in [5, 5.41) is 0. The Morgan fingerprint density at radius 1 is 1.22 bits per heavy atom. The lowest BCUT2D eigenvalue weighted by atomic mass is 10.1. The molecule has 0 aromatic heterocycles. The number of nitrogen functional groups attached to an aromatic ring is 1. The van der Waals surface area contributed by atoms with Crippen LogP contribution < -0.4 is 10.6 Å². The van der Waals surface area contributed by atoms with Crippen molar-refractivity contribution >= 4 is 23.2 Å². The SMILES string of the molecule is Cc1ccc(N)cc1N1C(=O)C2CCC(O2)C1=O. The van der Waals surface area contributed by atoms with Crippen molar-refractivity contribution in [3.8, 4) is 0 Å². The van der Waals surface area contributed by atoms with Gasteiger partial charge >= 0.3 is 0 Å². The summed E-state index contributed by atoms with van der Waals surface area (Å²) in [5.74, 6) is -0.551. The van der Waals surface area contributed by atoms with E-state index in [1.54, 1.807) is 12.1 Å². The summed E-state index contributed by atoms with van der Waals surface area (Å²) in [4.78, 5) is 25.6. The van der Waals surface area contributed by atoms with Crippen LogP contribution in [0.1, 0.15) is 18.4 Å². The lowest BCUT2D eigenvalue weighted by molar-refractivity contribution is -0.146. The highest BCUT2D eigenvalue weighted by Crippen LogP contribution is 2.33. The second-order valence-corrected chi connectivity index (χ2v) is 4.75. The largest absolute Gasteiger partial charge is 0.399 e. The van der Waals surface area contributed by atoms with Crippen LogP contribution in [-0.2, 0) is 14.3 Å². The molecule has 2 aliphatic rings. The average Bonchev–Trinajstić information content (AvgIpc) is 2.78. The van der Waals surface area contributed by atoms with Crippen molar-refractivity contribution in [3.63, 3.8) is 0 Å². The zero-order chi connectivity index (χ0) is 12.9. The van der Waals surface area contributed by atoms with Crippen molar-refractivity contribution in [1.29, 1.82) is 0 Å². The Balaban J connectivity index is 2.07. The fourth-order valence-corrected chi connectivity index (χ4v) is 2.50. The van der Waals surface area contributed by atoms with Gasteiger partial charge in [-0.1, -0.05) is 6.07 Å². The molecule has 18 heavy (non-hydrogen) atoms. The number of hydrogen-bond acceptors (Lipinski definition) is 4. The van der Waals surface area contributed by atoms with E-state index in [2.05, 4.69) is 0 Å². The second kappa shape index (κ2) is 3.81. The van der Waals surface area contributed by atoms with Crippen molar-refractivity contribution in [2.75, 3.05) is 10.6 Å². The zero-order valence-electron chi connectivity index (χ0n) is 10.1. The summed E-state index contributed by atoms with van der Waals surface area (Å²) in [7, 11) is 0. The topological polar surface area (TPSA) is 72.6 Å². The number of hydrogen-bond donors (Lipinski definition) is 1. The molecule has 2 saturated heterocycles. The lowest BCUT2D eigenvalue weighted by Crippen LogP contribution is -2.52. The molecule has 1 aromatic carbocycles. The van der Waals surface area contributed by atoms with Gasteiger partial charge in [-0.05, 0) is 37.5 Å². The molecule has 0 spiro atoms. The summed E-state index contributed by atoms with van der Waals surface area (Å²) in [5.41, 5.74) is 7.69. The van der Waals surface area contributed by atoms with Crippen LogP contribution in [0.3, 0.4) is 0 Å². The van der Waals surface area contributed by atoms with Crippen molar-refractivity contribution < 1.29 is 14.3 Å². The number of ether oxygens (including phenoxy) is 1. The molecule has 2 amide bonds. The Hall–Kier alpha value is -1.88. The van der Waals surface area contributed by atoms with Crippen LogP contribution in [0, 0.1) is 6.92 Å². The first kappa shape index (κ1) is 11.2. The molecule has 0 saturated carbocycles. The van der Waals surface area contributed by atoms with E-state index in [-0.39, 0.29) is 11.8 Å². The number of benzene rings is 1. The molecule has 2 N–H and O–H groups in total. The van der Waals surface area contributed by atoms with Gasteiger partial charge in [-0.25, -0.2) is 4.90 Å². The Bertz CT molecular complexity index is 519. The summed E-state index contributed by atoms with van der Waals surface area (Å²) in [6.45, 7) is 1.85. The molecule has 94 valence electrons. The molecule has 1 aromatic rings. The van der Waals surface area contributed by atoms with Gasteiger partial charge in [0.15, 0.2) is 0 Å². The van der Waals surface area contributed by atoms with Gasteiger partial charge < -0.3 is 10.5 Å². The molecule has 2 unspecified atom stereocenters. The molecular weight excluding hydrogens is 232 g/mol. The van der Waals surface area contributed by atoms with E-state index in [4.69, 9.17) is 10.5 Å². The number of nitrogens with zero attached hydrogens (tertiary/aromatic N) is 1. The summed E-state index contributed by atoms with van der Waals surface area (Å²) in [6, 6.07) is 5.22. The molecule has 2 heterocycles. The number of aryl methyl sites for hydroxylation is 1. The Kier molecular flexibility index (Phi) is 2.38. The van der Waals surface area contributed by atoms with Gasteiger partial charge in [0, 0.05) is 5.69 Å². The normalized spacial score (nSPS) is 26.8. The molecule has 2 bridgehead atoms. The van der Waals surface area contributed by atoms with Gasteiger partial charge in [-0.2, -0.15) is 0 Å². The maximum absolute atomic E-state index is 12.2. The third kappa shape index (κ3) is 1.51. The van der Waals surface area contributed by atoms with Gasteiger partial charge in [0.2, 0.25) is 0 Å². The number of amides is 2. The van der Waals surface area contributed by atoms with E-state index < -0.39 is 12.2 Å². The zero-order valence-corrected chi connectivity index (χ0v) is 10.1. The first-order valence-corrected chi connectivity index (χ1v) is 5.97. The van der Waals surface area contributed by atoms with E-state index in [1.807, 2.05) is 13.0 Å². The van der Waals surface area contributed by atoms with E-state index in [0.29, 0.717) is 24.2 Å². The van der Waals surface area contributed by atoms with Gasteiger partial charge in [0.1, 0.15) is 12.2 Å². The number of anilines is 2. The lowest BCUT2D eigenvalue weighted by Gasteiger charge is -2.30. The molecule has 2 aliphatic heterocycles. The minimum atomic E-state index is -0.478. The highest BCUT2D eigenvalue weighted by molar-refractivity contribution is 6.20. The Labute approximate surface area is 105 Å². The van der Waals surface area contributed by atoms with Crippen molar-refractivity contribution in [3.05, 3.63) is 23.8 Å². The maximum Gasteiger partial charge on any atom is 0.262 e. The Morgan fingerprint density at radius 3 is 2.44 bits per heavy atom.